The summed E-state index contributed by atoms with van der Waals surface area (Å²) in [7, 11) is 0. The molecule has 2 aromatic heterocycles. The van der Waals surface area contributed by atoms with Gasteiger partial charge in [0.25, 0.3) is 0 Å². The van der Waals surface area contributed by atoms with Crippen molar-refractivity contribution in [1.29, 1.82) is 0 Å². The molecule has 0 aliphatic carbocycles. The van der Waals surface area contributed by atoms with E-state index in [1.165, 1.54) is 19.3 Å². The molecule has 0 unspecified atom stereocenters. The average molecular weight is 248 g/mol. The van der Waals surface area contributed by atoms with Crippen molar-refractivity contribution < 1.29 is 0 Å². The number of anilines is 1. The molecule has 0 spiro atoms. The zero-order valence-electron chi connectivity index (χ0n) is 11.1. The van der Waals surface area contributed by atoms with Gasteiger partial charge in [-0.3, -0.25) is 0 Å². The van der Waals surface area contributed by atoms with Crippen LogP contribution in [0, 0.1) is 6.92 Å². The van der Waals surface area contributed by atoms with E-state index in [0.717, 1.165) is 36.5 Å². The van der Waals surface area contributed by atoms with Crippen molar-refractivity contribution in [2.45, 2.75) is 39.7 Å². The molecule has 6 heteroatoms. The number of fused-ring (bicyclic) bond motifs is 1. The minimum atomic E-state index is 0.578. The van der Waals surface area contributed by atoms with Crippen molar-refractivity contribution >= 4 is 17.1 Å². The quantitative estimate of drug-likeness (QED) is 0.869. The molecule has 2 N–H and O–H groups in total. The fraction of sp³-hybridized carbons (Fsp3) is 0.667. The molecule has 1 fully saturated rings. The number of hydrogen-bond donors (Lipinski definition) is 1. The first-order valence-corrected chi connectivity index (χ1v) is 6.69. The van der Waals surface area contributed by atoms with Crippen molar-refractivity contribution in [3.8, 4) is 0 Å². The lowest BCUT2D eigenvalue weighted by atomic mass is 10.2. The zero-order valence-corrected chi connectivity index (χ0v) is 11.1. The number of nitrogen functional groups attached to an aromatic ring is 1. The summed E-state index contributed by atoms with van der Waals surface area (Å²) in [6, 6.07) is 0. The summed E-state index contributed by atoms with van der Waals surface area (Å²) in [4.78, 5) is 4.47. The van der Waals surface area contributed by atoms with Gasteiger partial charge in [-0.2, -0.15) is 5.10 Å². The molecule has 2 aromatic rings. The monoisotopic (exact) mass is 248 g/mol. The predicted octanol–water partition coefficient (Wildman–Crippen LogP) is 1.27. The first-order valence-electron chi connectivity index (χ1n) is 6.69. The Labute approximate surface area is 106 Å². The molecular formula is C12H20N6. The molecule has 0 radical (unpaired) electrons. The van der Waals surface area contributed by atoms with Crippen LogP contribution >= 0.6 is 0 Å². The van der Waals surface area contributed by atoms with Gasteiger partial charge in [0.15, 0.2) is 5.65 Å². The standard InChI is InChI=1S/C12H20N6/c1-3-17-11-10(9(2)15-17)14-12(13)18(11)16-7-5-4-6-8-16/h3-8H2,1-2H3,(H2,13,14). The number of hydrogen-bond acceptors (Lipinski definition) is 4. The minimum absolute atomic E-state index is 0.578. The predicted molar refractivity (Wildman–Crippen MR) is 72.1 cm³/mol. The van der Waals surface area contributed by atoms with Crippen LogP contribution in [0.2, 0.25) is 0 Å². The topological polar surface area (TPSA) is 64.9 Å². The summed E-state index contributed by atoms with van der Waals surface area (Å²) in [5, 5.41) is 6.81. The molecular weight excluding hydrogens is 228 g/mol. The highest BCUT2D eigenvalue weighted by atomic mass is 15.6. The Morgan fingerprint density at radius 2 is 1.94 bits per heavy atom. The van der Waals surface area contributed by atoms with Crippen molar-refractivity contribution in [1.82, 2.24) is 19.4 Å². The Morgan fingerprint density at radius 1 is 1.22 bits per heavy atom. The van der Waals surface area contributed by atoms with E-state index in [9.17, 15) is 0 Å². The maximum absolute atomic E-state index is 6.09. The number of nitrogens with two attached hydrogens (primary N) is 1. The van der Waals surface area contributed by atoms with Gasteiger partial charge in [-0.15, -0.1) is 0 Å². The number of imidazole rings is 1. The molecule has 6 nitrogen and oxygen atoms in total. The normalized spacial score (nSPS) is 16.7. The number of rotatable bonds is 2. The second kappa shape index (κ2) is 4.19. The van der Waals surface area contributed by atoms with E-state index in [1.54, 1.807) is 0 Å². The van der Waals surface area contributed by atoms with Crippen LogP contribution in [0.5, 0.6) is 0 Å². The van der Waals surface area contributed by atoms with Gasteiger partial charge in [-0.25, -0.2) is 14.3 Å². The summed E-state index contributed by atoms with van der Waals surface area (Å²) in [6.07, 6.45) is 3.75. The molecule has 0 saturated carbocycles. The fourth-order valence-electron chi connectivity index (χ4n) is 2.75. The van der Waals surface area contributed by atoms with E-state index < -0.39 is 0 Å². The Hall–Kier alpha value is -1.72. The van der Waals surface area contributed by atoms with Gasteiger partial charge >= 0.3 is 0 Å². The second-order valence-electron chi connectivity index (χ2n) is 4.87. The Morgan fingerprint density at radius 3 is 2.61 bits per heavy atom. The van der Waals surface area contributed by atoms with E-state index in [4.69, 9.17) is 5.73 Å². The van der Waals surface area contributed by atoms with Crippen LogP contribution in [0.25, 0.3) is 11.2 Å². The first-order chi connectivity index (χ1) is 8.72. The molecule has 1 aliphatic rings. The number of aryl methyl sites for hydroxylation is 2. The molecule has 3 rings (SSSR count). The van der Waals surface area contributed by atoms with Crippen LogP contribution in [-0.2, 0) is 6.54 Å². The van der Waals surface area contributed by atoms with Gasteiger partial charge in [0, 0.05) is 19.6 Å². The van der Waals surface area contributed by atoms with Crippen molar-refractivity contribution in [2.75, 3.05) is 23.8 Å². The SMILES string of the molecule is CCn1nc(C)c2nc(N)n(N3CCCCC3)c21. The van der Waals surface area contributed by atoms with E-state index in [-0.39, 0.29) is 0 Å². The van der Waals surface area contributed by atoms with Gasteiger partial charge in [-0.1, -0.05) is 0 Å². The third kappa shape index (κ3) is 1.55. The van der Waals surface area contributed by atoms with Crippen LogP contribution in [0.15, 0.2) is 0 Å². The molecule has 0 bridgehead atoms. The number of piperidine rings is 1. The summed E-state index contributed by atoms with van der Waals surface area (Å²) in [5.41, 5.74) is 9.01. The third-order valence-corrected chi connectivity index (χ3v) is 3.63. The van der Waals surface area contributed by atoms with Gasteiger partial charge < -0.3 is 10.7 Å². The lowest BCUT2D eigenvalue weighted by Crippen LogP contribution is -2.40. The largest absolute Gasteiger partial charge is 0.368 e. The summed E-state index contributed by atoms with van der Waals surface area (Å²) in [6.45, 7) is 7.01. The Kier molecular flexibility index (Phi) is 2.65. The smallest absolute Gasteiger partial charge is 0.222 e. The highest BCUT2D eigenvalue weighted by molar-refractivity contribution is 5.78. The van der Waals surface area contributed by atoms with E-state index in [0.29, 0.717) is 5.95 Å². The van der Waals surface area contributed by atoms with Crippen LogP contribution in [0.3, 0.4) is 0 Å². The maximum atomic E-state index is 6.09. The molecule has 18 heavy (non-hydrogen) atoms. The van der Waals surface area contributed by atoms with Crippen LogP contribution in [0.1, 0.15) is 31.9 Å². The van der Waals surface area contributed by atoms with Crippen molar-refractivity contribution in [3.05, 3.63) is 5.69 Å². The molecule has 0 atom stereocenters. The zero-order chi connectivity index (χ0) is 12.7. The summed E-state index contributed by atoms with van der Waals surface area (Å²) in [5.74, 6) is 0.578. The maximum Gasteiger partial charge on any atom is 0.222 e. The third-order valence-electron chi connectivity index (χ3n) is 3.63. The molecule has 3 heterocycles. The fourth-order valence-corrected chi connectivity index (χ4v) is 2.75. The minimum Gasteiger partial charge on any atom is -0.368 e. The van der Waals surface area contributed by atoms with Gasteiger partial charge in [0.1, 0.15) is 5.52 Å². The highest BCUT2D eigenvalue weighted by Crippen LogP contribution is 2.23. The molecule has 1 aliphatic heterocycles. The molecule has 98 valence electrons. The van der Waals surface area contributed by atoms with E-state index >= 15 is 0 Å². The second-order valence-corrected chi connectivity index (χ2v) is 4.87. The highest BCUT2D eigenvalue weighted by Gasteiger charge is 2.21. The van der Waals surface area contributed by atoms with Gasteiger partial charge in [-0.05, 0) is 33.1 Å². The lowest BCUT2D eigenvalue weighted by Gasteiger charge is -2.30. The van der Waals surface area contributed by atoms with Crippen LogP contribution < -0.4 is 10.7 Å². The first kappa shape index (κ1) is 11.4. The molecule has 0 aromatic carbocycles. The number of aromatic nitrogens is 4. The van der Waals surface area contributed by atoms with Gasteiger partial charge in [0.2, 0.25) is 5.95 Å². The number of nitrogens with zero attached hydrogens (tertiary/aromatic N) is 5. The lowest BCUT2D eigenvalue weighted by molar-refractivity contribution is 0.481. The Bertz CT molecular complexity index is 561. The van der Waals surface area contributed by atoms with Crippen molar-refractivity contribution in [3.63, 3.8) is 0 Å². The molecule has 1 saturated heterocycles. The van der Waals surface area contributed by atoms with Crippen LogP contribution in [-0.4, -0.2) is 32.5 Å². The summed E-state index contributed by atoms with van der Waals surface area (Å²) < 4.78 is 4.04. The van der Waals surface area contributed by atoms with Crippen molar-refractivity contribution in [2.24, 2.45) is 0 Å². The van der Waals surface area contributed by atoms with E-state index in [1.807, 2.05) is 11.6 Å². The van der Waals surface area contributed by atoms with E-state index in [2.05, 4.69) is 26.7 Å². The molecule has 0 amide bonds. The Balaban J connectivity index is 2.16. The van der Waals surface area contributed by atoms with Gasteiger partial charge in [0.05, 0.1) is 5.69 Å². The summed E-state index contributed by atoms with van der Waals surface area (Å²) >= 11 is 0. The van der Waals surface area contributed by atoms with Crippen LogP contribution in [0.4, 0.5) is 5.95 Å². The average Bonchev–Trinajstić information content (AvgIpc) is 2.88.